The van der Waals surface area contributed by atoms with E-state index >= 15 is 0 Å². The lowest BCUT2D eigenvalue weighted by Gasteiger charge is -2.07. The van der Waals surface area contributed by atoms with Crippen LogP contribution in [0.3, 0.4) is 0 Å². The van der Waals surface area contributed by atoms with Crippen LogP contribution in [0, 0.1) is 0 Å². The Hall–Kier alpha value is -3.92. The molecule has 0 aromatic heterocycles. The highest BCUT2D eigenvalue weighted by molar-refractivity contribution is 6.07. The zero-order valence-corrected chi connectivity index (χ0v) is 15.8. The van der Waals surface area contributed by atoms with Gasteiger partial charge in [-0.05, 0) is 40.1 Å². The van der Waals surface area contributed by atoms with E-state index in [-0.39, 0.29) is 5.91 Å². The van der Waals surface area contributed by atoms with Crippen molar-refractivity contribution in [1.29, 1.82) is 0 Å². The molecule has 4 rings (SSSR count). The monoisotopic (exact) mass is 380 g/mol. The zero-order chi connectivity index (χ0) is 19.9. The predicted molar refractivity (Wildman–Crippen MR) is 116 cm³/mol. The third-order valence-corrected chi connectivity index (χ3v) is 4.52. The minimum absolute atomic E-state index is 0.241. The normalized spacial score (nSPS) is 10.9. The second-order valence-corrected chi connectivity index (χ2v) is 6.57. The number of benzene rings is 4. The Labute approximate surface area is 169 Å². The van der Waals surface area contributed by atoms with Crippen molar-refractivity contribution < 1.29 is 9.53 Å². The highest BCUT2D eigenvalue weighted by atomic mass is 16.5. The first-order valence-electron chi connectivity index (χ1n) is 9.37. The Balaban J connectivity index is 1.41. The summed E-state index contributed by atoms with van der Waals surface area (Å²) in [6, 6.07) is 31.0. The Morgan fingerprint density at radius 2 is 1.62 bits per heavy atom. The number of rotatable bonds is 6. The van der Waals surface area contributed by atoms with Crippen LogP contribution in [0.25, 0.3) is 10.8 Å². The van der Waals surface area contributed by atoms with Crippen molar-refractivity contribution in [3.8, 4) is 5.75 Å². The minimum atomic E-state index is -0.241. The number of hydrazone groups is 1. The average Bonchev–Trinajstić information content (AvgIpc) is 2.78. The van der Waals surface area contributed by atoms with Gasteiger partial charge < -0.3 is 4.74 Å². The molecule has 0 aliphatic heterocycles. The molecule has 0 heterocycles. The molecule has 142 valence electrons. The molecule has 1 N–H and O–H groups in total. The van der Waals surface area contributed by atoms with Gasteiger partial charge in [0.2, 0.25) is 0 Å². The van der Waals surface area contributed by atoms with E-state index in [2.05, 4.69) is 10.5 Å². The number of fused-ring (bicyclic) bond motifs is 1. The van der Waals surface area contributed by atoms with E-state index in [0.717, 1.165) is 27.6 Å². The topological polar surface area (TPSA) is 50.7 Å². The first-order valence-corrected chi connectivity index (χ1v) is 9.37. The highest BCUT2D eigenvalue weighted by Crippen LogP contribution is 2.18. The number of nitrogens with zero attached hydrogens (tertiary/aromatic N) is 1. The van der Waals surface area contributed by atoms with Crippen LogP contribution in [0.5, 0.6) is 5.75 Å². The molecule has 0 aliphatic carbocycles. The molecule has 4 aromatic rings. The van der Waals surface area contributed by atoms with E-state index < -0.39 is 0 Å². The van der Waals surface area contributed by atoms with Crippen LogP contribution < -0.4 is 10.2 Å². The molecule has 29 heavy (non-hydrogen) atoms. The van der Waals surface area contributed by atoms with Crippen LogP contribution in [-0.4, -0.2) is 12.1 Å². The Morgan fingerprint density at radius 1 is 0.862 bits per heavy atom. The van der Waals surface area contributed by atoms with Crippen LogP contribution in [0.2, 0.25) is 0 Å². The minimum Gasteiger partial charge on any atom is -0.489 e. The number of amides is 1. The third-order valence-electron chi connectivity index (χ3n) is 4.52. The molecule has 0 radical (unpaired) electrons. The molecule has 0 saturated heterocycles. The second kappa shape index (κ2) is 8.85. The maximum atomic E-state index is 12.5. The molecule has 4 nitrogen and oxygen atoms in total. The molecule has 0 aliphatic rings. The van der Waals surface area contributed by atoms with Crippen molar-refractivity contribution in [3.63, 3.8) is 0 Å². The van der Waals surface area contributed by atoms with Crippen molar-refractivity contribution in [3.05, 3.63) is 114 Å². The molecule has 0 saturated carbocycles. The van der Waals surface area contributed by atoms with E-state index in [0.29, 0.717) is 12.2 Å². The Kier molecular flexibility index (Phi) is 5.63. The highest BCUT2D eigenvalue weighted by Gasteiger charge is 2.08. The van der Waals surface area contributed by atoms with Crippen LogP contribution in [0.15, 0.2) is 102 Å². The molecule has 0 spiro atoms. The van der Waals surface area contributed by atoms with Gasteiger partial charge in [0.05, 0.1) is 6.21 Å². The largest absolute Gasteiger partial charge is 0.489 e. The lowest BCUT2D eigenvalue weighted by molar-refractivity contribution is 0.0957. The van der Waals surface area contributed by atoms with Crippen molar-refractivity contribution in [2.45, 2.75) is 6.61 Å². The molecular formula is C25H20N2O2. The van der Waals surface area contributed by atoms with Crippen LogP contribution >= 0.6 is 0 Å². The maximum absolute atomic E-state index is 12.5. The summed E-state index contributed by atoms with van der Waals surface area (Å²) in [5.74, 6) is 0.507. The van der Waals surface area contributed by atoms with Crippen molar-refractivity contribution in [1.82, 2.24) is 5.43 Å². The summed E-state index contributed by atoms with van der Waals surface area (Å²) < 4.78 is 5.83. The van der Waals surface area contributed by atoms with Gasteiger partial charge in [-0.3, -0.25) is 4.79 Å². The smallest absolute Gasteiger partial charge is 0.271 e. The molecule has 0 unspecified atom stereocenters. The van der Waals surface area contributed by atoms with Crippen molar-refractivity contribution >= 4 is 22.9 Å². The van der Waals surface area contributed by atoms with Gasteiger partial charge in [-0.25, -0.2) is 5.43 Å². The van der Waals surface area contributed by atoms with Gasteiger partial charge in [0.15, 0.2) is 0 Å². The Bertz CT molecular complexity index is 1150. The van der Waals surface area contributed by atoms with E-state index in [1.165, 1.54) is 0 Å². The quantitative estimate of drug-likeness (QED) is 0.370. The average molecular weight is 380 g/mol. The van der Waals surface area contributed by atoms with Gasteiger partial charge in [-0.1, -0.05) is 78.9 Å². The molecule has 4 heteroatoms. The Morgan fingerprint density at radius 3 is 2.52 bits per heavy atom. The first kappa shape index (κ1) is 18.4. The fourth-order valence-electron chi connectivity index (χ4n) is 3.07. The number of ether oxygens (including phenoxy) is 1. The summed E-state index contributed by atoms with van der Waals surface area (Å²) >= 11 is 0. The number of nitrogens with one attached hydrogen (secondary N) is 1. The second-order valence-electron chi connectivity index (χ2n) is 6.57. The van der Waals surface area contributed by atoms with Crippen molar-refractivity contribution in [2.75, 3.05) is 0 Å². The lowest BCUT2D eigenvalue weighted by Crippen LogP contribution is -2.17. The van der Waals surface area contributed by atoms with Gasteiger partial charge in [0.25, 0.3) is 5.91 Å². The summed E-state index contributed by atoms with van der Waals surface area (Å²) in [6.45, 7) is 0.499. The van der Waals surface area contributed by atoms with Gasteiger partial charge in [0, 0.05) is 5.56 Å². The summed E-state index contributed by atoms with van der Waals surface area (Å²) in [5, 5.41) is 6.03. The van der Waals surface area contributed by atoms with E-state index in [9.17, 15) is 4.79 Å². The fourth-order valence-corrected chi connectivity index (χ4v) is 3.07. The molecule has 0 bridgehead atoms. The third kappa shape index (κ3) is 4.68. The maximum Gasteiger partial charge on any atom is 0.271 e. The summed E-state index contributed by atoms with van der Waals surface area (Å²) in [5.41, 5.74) is 5.15. The van der Waals surface area contributed by atoms with E-state index in [4.69, 9.17) is 4.74 Å². The predicted octanol–water partition coefficient (Wildman–Crippen LogP) is 5.18. The lowest BCUT2D eigenvalue weighted by atomic mass is 10.0. The number of carbonyl (C=O) groups excluding carboxylic acids is 1. The summed E-state index contributed by atoms with van der Waals surface area (Å²) in [6.07, 6.45) is 1.61. The van der Waals surface area contributed by atoms with E-state index in [1.807, 2.05) is 91.0 Å². The molecule has 0 atom stereocenters. The van der Waals surface area contributed by atoms with Crippen LogP contribution in [-0.2, 0) is 6.61 Å². The molecule has 0 fully saturated rings. The molecule has 4 aromatic carbocycles. The first-order chi connectivity index (χ1) is 14.3. The van der Waals surface area contributed by atoms with Gasteiger partial charge in [-0.2, -0.15) is 5.10 Å². The van der Waals surface area contributed by atoms with Crippen LogP contribution in [0.4, 0.5) is 0 Å². The van der Waals surface area contributed by atoms with Gasteiger partial charge in [-0.15, -0.1) is 0 Å². The number of hydrogen-bond donors (Lipinski definition) is 1. The van der Waals surface area contributed by atoms with Crippen LogP contribution in [0.1, 0.15) is 21.5 Å². The fraction of sp³-hybridized carbons (Fsp3) is 0.0400. The van der Waals surface area contributed by atoms with Gasteiger partial charge >= 0.3 is 0 Å². The number of carbonyl (C=O) groups is 1. The summed E-state index contributed by atoms with van der Waals surface area (Å²) in [4.78, 5) is 12.5. The SMILES string of the molecule is O=C(NN=Cc1cccc(OCc2ccccc2)c1)c1cccc2ccccc12. The van der Waals surface area contributed by atoms with Gasteiger partial charge in [0.1, 0.15) is 12.4 Å². The van der Waals surface area contributed by atoms with E-state index in [1.54, 1.807) is 12.3 Å². The standard InChI is InChI=1S/C25H20N2O2/c28-25(24-15-7-12-21-11-4-5-14-23(21)24)27-26-17-20-10-6-13-22(16-20)29-18-19-8-2-1-3-9-19/h1-17H,18H2,(H,27,28). The molecular weight excluding hydrogens is 360 g/mol. The zero-order valence-electron chi connectivity index (χ0n) is 15.8. The van der Waals surface area contributed by atoms with Crippen molar-refractivity contribution in [2.24, 2.45) is 5.10 Å². The number of hydrogen-bond acceptors (Lipinski definition) is 3. The molecule has 1 amide bonds. The summed E-state index contributed by atoms with van der Waals surface area (Å²) in [7, 11) is 0.